The summed E-state index contributed by atoms with van der Waals surface area (Å²) in [4.78, 5) is 22.2. The van der Waals surface area contributed by atoms with E-state index in [1.165, 1.54) is 6.08 Å². The predicted octanol–water partition coefficient (Wildman–Crippen LogP) is 2.21. The summed E-state index contributed by atoms with van der Waals surface area (Å²) in [6.07, 6.45) is 7.25. The molecule has 1 fully saturated rings. The quantitative estimate of drug-likeness (QED) is 0.579. The molecule has 1 aliphatic carbocycles. The van der Waals surface area contributed by atoms with Crippen LogP contribution in [0.1, 0.15) is 53.4 Å². The van der Waals surface area contributed by atoms with Crippen molar-refractivity contribution in [1.82, 2.24) is 5.32 Å². The lowest BCUT2D eigenvalue weighted by atomic mass is 9.71. The first-order valence-electron chi connectivity index (χ1n) is 7.37. The normalized spacial score (nSPS) is 30.2. The number of nitrogens with one attached hydrogen (secondary N) is 1. The first kappa shape index (κ1) is 16.9. The molecular weight excluding hydrogens is 254 g/mol. The molecule has 20 heavy (non-hydrogen) atoms. The molecule has 1 atom stereocenters. The van der Waals surface area contributed by atoms with Crippen molar-refractivity contribution in [2.75, 3.05) is 0 Å². The molecule has 1 unspecified atom stereocenters. The van der Waals surface area contributed by atoms with Crippen LogP contribution in [0.25, 0.3) is 0 Å². The van der Waals surface area contributed by atoms with Crippen LogP contribution in [0.2, 0.25) is 0 Å². The van der Waals surface area contributed by atoms with Gasteiger partial charge in [0.2, 0.25) is 6.41 Å². The van der Waals surface area contributed by atoms with Crippen molar-refractivity contribution in [3.8, 4) is 0 Å². The highest BCUT2D eigenvalue weighted by Crippen LogP contribution is 2.38. The zero-order chi connectivity index (χ0) is 15.4. The fraction of sp³-hybridized carbons (Fsp3) is 0.750. The number of aliphatic hydroxyl groups is 1. The average molecular weight is 281 g/mol. The third-order valence-electron chi connectivity index (χ3n) is 4.48. The zero-order valence-electron chi connectivity index (χ0n) is 13.0. The lowest BCUT2D eigenvalue weighted by Crippen LogP contribution is -2.47. The van der Waals surface area contributed by atoms with Crippen LogP contribution in [0.15, 0.2) is 12.2 Å². The maximum atomic E-state index is 11.6. The van der Waals surface area contributed by atoms with E-state index >= 15 is 0 Å². The summed E-state index contributed by atoms with van der Waals surface area (Å²) in [5, 5.41) is 13.4. The van der Waals surface area contributed by atoms with Gasteiger partial charge in [-0.1, -0.05) is 13.8 Å². The van der Waals surface area contributed by atoms with Crippen LogP contribution in [-0.2, 0) is 9.59 Å². The van der Waals surface area contributed by atoms with E-state index in [-0.39, 0.29) is 23.2 Å². The standard InChI is InChI=1S/C16H27NO3/c1-12(2)14(19)7-10-16(4,20)13-5-8-15(3,9-6-13)17-11-18/h7,10-13,20H,5-6,8-9H2,1-4H3,(H,17,18). The molecule has 1 amide bonds. The van der Waals surface area contributed by atoms with Crippen LogP contribution in [0, 0.1) is 11.8 Å². The van der Waals surface area contributed by atoms with E-state index in [1.54, 1.807) is 13.0 Å². The van der Waals surface area contributed by atoms with Gasteiger partial charge < -0.3 is 10.4 Å². The lowest BCUT2D eigenvalue weighted by molar-refractivity contribution is -0.117. The summed E-state index contributed by atoms with van der Waals surface area (Å²) in [5.74, 6) is 0.113. The van der Waals surface area contributed by atoms with E-state index in [2.05, 4.69) is 5.32 Å². The Hall–Kier alpha value is -1.16. The molecule has 1 saturated carbocycles. The van der Waals surface area contributed by atoms with Gasteiger partial charge in [0, 0.05) is 11.5 Å². The van der Waals surface area contributed by atoms with Gasteiger partial charge >= 0.3 is 0 Å². The minimum Gasteiger partial charge on any atom is -0.386 e. The highest BCUT2D eigenvalue weighted by atomic mass is 16.3. The fourth-order valence-electron chi connectivity index (χ4n) is 2.71. The van der Waals surface area contributed by atoms with Gasteiger partial charge in [0.25, 0.3) is 0 Å². The second kappa shape index (κ2) is 6.53. The Balaban J connectivity index is 2.63. The van der Waals surface area contributed by atoms with E-state index in [0.717, 1.165) is 32.1 Å². The first-order valence-corrected chi connectivity index (χ1v) is 7.37. The van der Waals surface area contributed by atoms with E-state index in [4.69, 9.17) is 0 Å². The molecule has 4 heteroatoms. The number of carbonyl (C=O) groups excluding carboxylic acids is 2. The monoisotopic (exact) mass is 281 g/mol. The molecule has 2 N–H and O–H groups in total. The number of allylic oxidation sites excluding steroid dienone is 1. The molecule has 114 valence electrons. The Morgan fingerprint density at radius 2 is 1.95 bits per heavy atom. The minimum absolute atomic E-state index is 0.0357. The van der Waals surface area contributed by atoms with Crippen molar-refractivity contribution < 1.29 is 14.7 Å². The van der Waals surface area contributed by atoms with Gasteiger partial charge in [-0.3, -0.25) is 9.59 Å². The van der Waals surface area contributed by atoms with Crippen LogP contribution in [0.3, 0.4) is 0 Å². The Labute approximate surface area is 121 Å². The number of hydrogen-bond acceptors (Lipinski definition) is 3. The third kappa shape index (κ3) is 4.44. The molecule has 0 aromatic heterocycles. The molecule has 0 saturated heterocycles. The van der Waals surface area contributed by atoms with Crippen molar-refractivity contribution in [3.63, 3.8) is 0 Å². The van der Waals surface area contributed by atoms with Gasteiger partial charge in [-0.05, 0) is 57.6 Å². The highest BCUT2D eigenvalue weighted by molar-refractivity contribution is 5.91. The Morgan fingerprint density at radius 3 is 2.40 bits per heavy atom. The summed E-state index contributed by atoms with van der Waals surface area (Å²) in [7, 11) is 0. The second-order valence-electron chi connectivity index (χ2n) is 6.71. The molecule has 0 spiro atoms. The molecule has 0 radical (unpaired) electrons. The smallest absolute Gasteiger partial charge is 0.207 e. The summed E-state index contributed by atoms with van der Waals surface area (Å²) in [6.45, 7) is 7.49. The van der Waals surface area contributed by atoms with E-state index < -0.39 is 5.60 Å². The average Bonchev–Trinajstić information content (AvgIpc) is 2.36. The van der Waals surface area contributed by atoms with Crippen LogP contribution in [-0.4, -0.2) is 28.4 Å². The highest BCUT2D eigenvalue weighted by Gasteiger charge is 2.37. The van der Waals surface area contributed by atoms with E-state index in [1.807, 2.05) is 20.8 Å². The maximum Gasteiger partial charge on any atom is 0.207 e. The molecular formula is C16H27NO3. The van der Waals surface area contributed by atoms with Gasteiger partial charge in [0.1, 0.15) is 0 Å². The van der Waals surface area contributed by atoms with Gasteiger partial charge in [-0.2, -0.15) is 0 Å². The second-order valence-corrected chi connectivity index (χ2v) is 6.71. The predicted molar refractivity (Wildman–Crippen MR) is 79.2 cm³/mol. The van der Waals surface area contributed by atoms with Crippen LogP contribution >= 0.6 is 0 Å². The van der Waals surface area contributed by atoms with Gasteiger partial charge in [0.05, 0.1) is 5.60 Å². The molecule has 0 aliphatic heterocycles. The number of carbonyl (C=O) groups is 2. The zero-order valence-corrected chi connectivity index (χ0v) is 13.0. The number of amides is 1. The molecule has 0 aromatic rings. The molecule has 1 aliphatic rings. The third-order valence-corrected chi connectivity index (χ3v) is 4.48. The van der Waals surface area contributed by atoms with Crippen molar-refractivity contribution in [3.05, 3.63) is 12.2 Å². The number of rotatable bonds is 6. The van der Waals surface area contributed by atoms with Crippen LogP contribution < -0.4 is 5.32 Å². The van der Waals surface area contributed by atoms with Crippen molar-refractivity contribution >= 4 is 12.2 Å². The number of ketones is 1. The van der Waals surface area contributed by atoms with Crippen molar-refractivity contribution in [1.29, 1.82) is 0 Å². The van der Waals surface area contributed by atoms with Crippen LogP contribution in [0.4, 0.5) is 0 Å². The summed E-state index contributed by atoms with van der Waals surface area (Å²) >= 11 is 0. The van der Waals surface area contributed by atoms with Crippen molar-refractivity contribution in [2.24, 2.45) is 11.8 Å². The number of hydrogen-bond donors (Lipinski definition) is 2. The topological polar surface area (TPSA) is 66.4 Å². The Kier molecular flexibility index (Phi) is 5.51. The Bertz CT molecular complexity index is 377. The van der Waals surface area contributed by atoms with Crippen molar-refractivity contribution in [2.45, 2.75) is 64.5 Å². The van der Waals surface area contributed by atoms with Gasteiger partial charge in [0.15, 0.2) is 5.78 Å². The fourth-order valence-corrected chi connectivity index (χ4v) is 2.71. The molecule has 0 bridgehead atoms. The molecule has 0 aromatic carbocycles. The van der Waals surface area contributed by atoms with E-state index in [9.17, 15) is 14.7 Å². The first-order chi connectivity index (χ1) is 9.20. The summed E-state index contributed by atoms with van der Waals surface area (Å²) in [5.41, 5.74) is -1.13. The van der Waals surface area contributed by atoms with E-state index in [0.29, 0.717) is 0 Å². The summed E-state index contributed by atoms with van der Waals surface area (Å²) in [6, 6.07) is 0. The van der Waals surface area contributed by atoms with Gasteiger partial charge in [-0.15, -0.1) is 0 Å². The SMILES string of the molecule is CC(C)C(=O)C=CC(C)(O)C1CCC(C)(NC=O)CC1. The molecule has 4 nitrogen and oxygen atoms in total. The molecule has 0 heterocycles. The molecule has 1 rings (SSSR count). The maximum absolute atomic E-state index is 11.6. The Morgan fingerprint density at radius 1 is 1.40 bits per heavy atom. The lowest BCUT2D eigenvalue weighted by Gasteiger charge is -2.41. The minimum atomic E-state index is -0.965. The summed E-state index contributed by atoms with van der Waals surface area (Å²) < 4.78 is 0. The van der Waals surface area contributed by atoms with Gasteiger partial charge in [-0.25, -0.2) is 0 Å². The largest absolute Gasteiger partial charge is 0.386 e. The van der Waals surface area contributed by atoms with Crippen LogP contribution in [0.5, 0.6) is 0 Å².